The maximum atomic E-state index is 12.6. The molecule has 3 rings (SSSR count). The SMILES string of the molecule is CCc1ccc(OCc2ccc(C(=O)Nc3sc(C(N)=O)c(C)c3C(=O)OC)o2)cc1. The van der Waals surface area contributed by atoms with Gasteiger partial charge in [0.2, 0.25) is 0 Å². The van der Waals surface area contributed by atoms with Crippen molar-refractivity contribution in [2.45, 2.75) is 26.9 Å². The molecule has 0 saturated heterocycles. The first-order valence-corrected chi connectivity index (χ1v) is 10.3. The highest BCUT2D eigenvalue weighted by Gasteiger charge is 2.26. The number of primary amides is 1. The lowest BCUT2D eigenvalue weighted by molar-refractivity contribution is 0.0601. The van der Waals surface area contributed by atoms with Gasteiger partial charge in [-0.1, -0.05) is 19.1 Å². The van der Waals surface area contributed by atoms with Crippen molar-refractivity contribution in [1.82, 2.24) is 0 Å². The van der Waals surface area contributed by atoms with Crippen molar-refractivity contribution < 1.29 is 28.3 Å². The summed E-state index contributed by atoms with van der Waals surface area (Å²) in [5.74, 6) is -0.784. The van der Waals surface area contributed by atoms with Crippen molar-refractivity contribution in [2.24, 2.45) is 5.73 Å². The van der Waals surface area contributed by atoms with Crippen LogP contribution in [-0.4, -0.2) is 24.9 Å². The van der Waals surface area contributed by atoms with E-state index in [0.29, 0.717) is 17.1 Å². The molecule has 3 N–H and O–H groups in total. The topological polar surface area (TPSA) is 121 Å². The Labute approximate surface area is 183 Å². The van der Waals surface area contributed by atoms with E-state index in [1.807, 2.05) is 24.3 Å². The van der Waals surface area contributed by atoms with Gasteiger partial charge < -0.3 is 24.9 Å². The quantitative estimate of drug-likeness (QED) is 0.510. The Bertz CT molecular complexity index is 1110. The minimum atomic E-state index is -0.697. The maximum absolute atomic E-state index is 12.6. The molecule has 9 heteroatoms. The molecular formula is C22H22N2O6S. The van der Waals surface area contributed by atoms with Gasteiger partial charge >= 0.3 is 5.97 Å². The summed E-state index contributed by atoms with van der Waals surface area (Å²) in [5.41, 5.74) is 7.00. The molecule has 0 bridgehead atoms. The molecule has 2 heterocycles. The van der Waals surface area contributed by atoms with Crippen LogP contribution in [0.4, 0.5) is 5.00 Å². The van der Waals surface area contributed by atoms with E-state index in [1.165, 1.54) is 18.7 Å². The Kier molecular flexibility index (Phi) is 6.76. The molecule has 31 heavy (non-hydrogen) atoms. The van der Waals surface area contributed by atoms with Crippen LogP contribution in [0.1, 0.15) is 54.4 Å². The van der Waals surface area contributed by atoms with Gasteiger partial charge in [-0.05, 0) is 48.7 Å². The summed E-state index contributed by atoms with van der Waals surface area (Å²) in [6.45, 7) is 3.79. The number of nitrogens with two attached hydrogens (primary N) is 1. The number of rotatable bonds is 8. The molecule has 1 aromatic carbocycles. The van der Waals surface area contributed by atoms with Crippen molar-refractivity contribution in [2.75, 3.05) is 12.4 Å². The van der Waals surface area contributed by atoms with E-state index in [9.17, 15) is 14.4 Å². The average Bonchev–Trinajstić information content (AvgIpc) is 3.37. The Balaban J connectivity index is 1.71. The summed E-state index contributed by atoms with van der Waals surface area (Å²) in [7, 11) is 1.21. The molecule has 0 aliphatic rings. The second-order valence-corrected chi connectivity index (χ2v) is 7.64. The van der Waals surface area contributed by atoms with Gasteiger partial charge in [-0.2, -0.15) is 0 Å². The van der Waals surface area contributed by atoms with Crippen molar-refractivity contribution in [1.29, 1.82) is 0 Å². The summed E-state index contributed by atoms with van der Waals surface area (Å²) >= 11 is 0.905. The molecule has 0 aliphatic heterocycles. The monoisotopic (exact) mass is 442 g/mol. The molecule has 0 fully saturated rings. The first kappa shape index (κ1) is 22.1. The minimum Gasteiger partial charge on any atom is -0.486 e. The Morgan fingerprint density at radius 1 is 1.13 bits per heavy atom. The fraction of sp³-hybridized carbons (Fsp3) is 0.227. The number of benzene rings is 1. The normalized spacial score (nSPS) is 10.5. The molecular weight excluding hydrogens is 420 g/mol. The van der Waals surface area contributed by atoms with E-state index in [2.05, 4.69) is 12.2 Å². The van der Waals surface area contributed by atoms with Gasteiger partial charge in [-0.3, -0.25) is 9.59 Å². The number of hydrogen-bond donors (Lipinski definition) is 2. The molecule has 2 aromatic heterocycles. The molecule has 2 amide bonds. The van der Waals surface area contributed by atoms with Crippen LogP contribution in [-0.2, 0) is 17.8 Å². The number of amides is 2. The molecule has 0 saturated carbocycles. The second kappa shape index (κ2) is 9.48. The lowest BCUT2D eigenvalue weighted by Gasteiger charge is -2.06. The fourth-order valence-corrected chi connectivity index (χ4v) is 3.94. The van der Waals surface area contributed by atoms with E-state index in [1.54, 1.807) is 13.0 Å². The van der Waals surface area contributed by atoms with Gasteiger partial charge in [-0.25, -0.2) is 4.79 Å². The molecule has 0 spiro atoms. The number of hydrogen-bond acceptors (Lipinski definition) is 7. The number of carbonyl (C=O) groups excluding carboxylic acids is 3. The number of carbonyl (C=O) groups is 3. The van der Waals surface area contributed by atoms with Crippen molar-refractivity contribution in [3.63, 3.8) is 0 Å². The van der Waals surface area contributed by atoms with E-state index in [4.69, 9.17) is 19.6 Å². The highest BCUT2D eigenvalue weighted by molar-refractivity contribution is 7.18. The van der Waals surface area contributed by atoms with E-state index >= 15 is 0 Å². The van der Waals surface area contributed by atoms with Crippen LogP contribution in [0.15, 0.2) is 40.8 Å². The second-order valence-electron chi connectivity index (χ2n) is 6.62. The largest absolute Gasteiger partial charge is 0.486 e. The van der Waals surface area contributed by atoms with Crippen molar-refractivity contribution in [3.05, 3.63) is 69.5 Å². The van der Waals surface area contributed by atoms with Crippen LogP contribution in [0.2, 0.25) is 0 Å². The van der Waals surface area contributed by atoms with Crippen LogP contribution < -0.4 is 15.8 Å². The van der Waals surface area contributed by atoms with Crippen LogP contribution in [0, 0.1) is 6.92 Å². The number of aryl methyl sites for hydroxylation is 1. The number of nitrogens with one attached hydrogen (secondary N) is 1. The van der Waals surface area contributed by atoms with Gasteiger partial charge in [0.25, 0.3) is 11.8 Å². The molecule has 162 valence electrons. The molecule has 8 nitrogen and oxygen atoms in total. The van der Waals surface area contributed by atoms with Gasteiger partial charge in [0.05, 0.1) is 17.6 Å². The van der Waals surface area contributed by atoms with E-state index < -0.39 is 17.8 Å². The zero-order chi connectivity index (χ0) is 22.5. The fourth-order valence-electron chi connectivity index (χ4n) is 2.90. The molecule has 0 unspecified atom stereocenters. The van der Waals surface area contributed by atoms with Gasteiger partial charge in [0.1, 0.15) is 23.1 Å². The predicted octanol–water partition coefficient (Wildman–Crippen LogP) is 3.93. The van der Waals surface area contributed by atoms with E-state index in [-0.39, 0.29) is 27.8 Å². The molecule has 0 atom stereocenters. The first-order chi connectivity index (χ1) is 14.8. The van der Waals surface area contributed by atoms with Gasteiger partial charge in [0, 0.05) is 0 Å². The average molecular weight is 442 g/mol. The Hall–Kier alpha value is -3.59. The van der Waals surface area contributed by atoms with Gasteiger partial charge in [0.15, 0.2) is 5.76 Å². The zero-order valence-electron chi connectivity index (χ0n) is 17.3. The zero-order valence-corrected chi connectivity index (χ0v) is 18.1. The standard InChI is InChI=1S/C22H22N2O6S/c1-4-13-5-7-14(8-6-13)29-11-15-9-10-16(30-15)20(26)24-21-17(22(27)28-3)12(2)18(31-21)19(23)25/h5-10H,4,11H2,1-3H3,(H2,23,25)(H,24,26). The van der Waals surface area contributed by atoms with Crippen LogP contribution >= 0.6 is 11.3 Å². The highest BCUT2D eigenvalue weighted by Crippen LogP contribution is 2.33. The lowest BCUT2D eigenvalue weighted by atomic mass is 10.1. The van der Waals surface area contributed by atoms with Crippen LogP contribution in [0.5, 0.6) is 5.75 Å². The van der Waals surface area contributed by atoms with Crippen molar-refractivity contribution in [3.8, 4) is 5.75 Å². The number of methoxy groups -OCH3 is 1. The van der Waals surface area contributed by atoms with Crippen LogP contribution in [0.25, 0.3) is 0 Å². The third-order valence-corrected chi connectivity index (χ3v) is 5.81. The van der Waals surface area contributed by atoms with Gasteiger partial charge in [-0.15, -0.1) is 11.3 Å². The first-order valence-electron chi connectivity index (χ1n) is 9.47. The summed E-state index contributed by atoms with van der Waals surface area (Å²) in [6, 6.07) is 10.8. The van der Waals surface area contributed by atoms with Crippen LogP contribution in [0.3, 0.4) is 0 Å². The van der Waals surface area contributed by atoms with Crippen molar-refractivity contribution >= 4 is 34.1 Å². The summed E-state index contributed by atoms with van der Waals surface area (Å²) in [6.07, 6.45) is 0.944. The summed E-state index contributed by atoms with van der Waals surface area (Å²) in [5, 5.41) is 2.75. The molecule has 3 aromatic rings. The maximum Gasteiger partial charge on any atom is 0.341 e. The number of esters is 1. The molecule has 0 radical (unpaired) electrons. The lowest BCUT2D eigenvalue weighted by Crippen LogP contribution is -2.14. The minimum absolute atomic E-state index is 0.0300. The highest BCUT2D eigenvalue weighted by atomic mass is 32.1. The summed E-state index contributed by atoms with van der Waals surface area (Å²) in [4.78, 5) is 36.5. The number of ether oxygens (including phenoxy) is 2. The Morgan fingerprint density at radius 2 is 1.84 bits per heavy atom. The predicted molar refractivity (Wildman–Crippen MR) is 116 cm³/mol. The number of thiophene rings is 1. The van der Waals surface area contributed by atoms with E-state index in [0.717, 1.165) is 17.8 Å². The molecule has 0 aliphatic carbocycles. The Morgan fingerprint density at radius 3 is 2.45 bits per heavy atom. The number of anilines is 1. The third-order valence-electron chi connectivity index (χ3n) is 4.59. The smallest absolute Gasteiger partial charge is 0.341 e. The summed E-state index contributed by atoms with van der Waals surface area (Å²) < 4.78 is 16.0. The third kappa shape index (κ3) is 4.95. The number of furan rings is 1.